The van der Waals surface area contributed by atoms with Gasteiger partial charge in [-0.25, -0.2) is 8.42 Å². The quantitative estimate of drug-likeness (QED) is 0.480. The second kappa shape index (κ2) is 9.79. The normalized spacial score (nSPS) is 11.8. The monoisotopic (exact) mass is 468 g/mol. The Hall–Kier alpha value is -3.13. The zero-order chi connectivity index (χ0) is 24.3. The summed E-state index contributed by atoms with van der Waals surface area (Å²) in [6.45, 7) is 11.3. The summed E-state index contributed by atoms with van der Waals surface area (Å²) in [6, 6.07) is 14.8. The molecule has 7 nitrogen and oxygen atoms in total. The van der Waals surface area contributed by atoms with Gasteiger partial charge in [-0.1, -0.05) is 52.0 Å². The molecule has 0 saturated heterocycles. The molecule has 0 radical (unpaired) electrons. The Morgan fingerprint density at radius 1 is 0.939 bits per heavy atom. The first-order valence-corrected chi connectivity index (χ1v) is 12.5. The van der Waals surface area contributed by atoms with Crippen LogP contribution in [0, 0.1) is 13.8 Å². The molecule has 0 bridgehead atoms. The fourth-order valence-corrected chi connectivity index (χ4v) is 5.41. The van der Waals surface area contributed by atoms with Crippen molar-refractivity contribution in [3.05, 3.63) is 71.0 Å². The number of aromatic amines is 1. The number of nitrogens with zero attached hydrogens (tertiary/aromatic N) is 2. The molecule has 2 aromatic carbocycles. The average Bonchev–Trinajstić information content (AvgIpc) is 3.11. The van der Waals surface area contributed by atoms with E-state index in [1.54, 1.807) is 26.0 Å². The molecular weight excluding hydrogens is 436 g/mol. The van der Waals surface area contributed by atoms with Crippen molar-refractivity contribution in [1.82, 2.24) is 10.2 Å². The number of anilines is 2. The van der Waals surface area contributed by atoms with Gasteiger partial charge in [0, 0.05) is 5.69 Å². The lowest BCUT2D eigenvalue weighted by atomic mass is 10.0. The highest BCUT2D eigenvalue weighted by Crippen LogP contribution is 2.28. The first-order valence-electron chi connectivity index (χ1n) is 11.0. The van der Waals surface area contributed by atoms with Gasteiger partial charge in [0.05, 0.1) is 17.1 Å². The minimum atomic E-state index is -4.03. The number of aryl methyl sites for hydroxylation is 2. The molecule has 1 amide bonds. The molecule has 8 heteroatoms. The predicted molar refractivity (Wildman–Crippen MR) is 132 cm³/mol. The third-order valence-electron chi connectivity index (χ3n) is 5.60. The van der Waals surface area contributed by atoms with E-state index in [4.69, 9.17) is 0 Å². The largest absolute Gasteiger partial charge is 0.325 e. The van der Waals surface area contributed by atoms with Gasteiger partial charge >= 0.3 is 0 Å². The fraction of sp³-hybridized carbons (Fsp3) is 0.360. The van der Waals surface area contributed by atoms with Gasteiger partial charge in [0.25, 0.3) is 10.0 Å². The van der Waals surface area contributed by atoms with Gasteiger partial charge in [-0.15, -0.1) is 0 Å². The summed E-state index contributed by atoms with van der Waals surface area (Å²) in [4.78, 5) is 13.0. The summed E-state index contributed by atoms with van der Waals surface area (Å²) < 4.78 is 28.4. The first-order chi connectivity index (χ1) is 15.5. The summed E-state index contributed by atoms with van der Waals surface area (Å²) in [5, 5.41) is 9.57. The van der Waals surface area contributed by atoms with Crippen LogP contribution in [0.4, 0.5) is 11.4 Å². The second-order valence-corrected chi connectivity index (χ2v) is 10.6. The zero-order valence-corrected chi connectivity index (χ0v) is 20.8. The van der Waals surface area contributed by atoms with Crippen molar-refractivity contribution < 1.29 is 13.2 Å². The molecule has 0 unspecified atom stereocenters. The minimum Gasteiger partial charge on any atom is -0.325 e. The van der Waals surface area contributed by atoms with Crippen LogP contribution in [0.2, 0.25) is 0 Å². The molecule has 1 heterocycles. The number of benzene rings is 2. The van der Waals surface area contributed by atoms with Crippen molar-refractivity contribution in [2.75, 3.05) is 16.2 Å². The lowest BCUT2D eigenvalue weighted by Gasteiger charge is -2.24. The molecular formula is C25H32N4O3S. The topological polar surface area (TPSA) is 95.2 Å². The number of amides is 1. The Kier molecular flexibility index (Phi) is 7.27. The summed E-state index contributed by atoms with van der Waals surface area (Å²) in [7, 11) is -4.03. The van der Waals surface area contributed by atoms with Gasteiger partial charge in [0.15, 0.2) is 0 Å². The van der Waals surface area contributed by atoms with Crippen LogP contribution in [0.15, 0.2) is 53.4 Å². The highest BCUT2D eigenvalue weighted by molar-refractivity contribution is 7.93. The zero-order valence-electron chi connectivity index (χ0n) is 20.0. The first kappa shape index (κ1) is 24.5. The van der Waals surface area contributed by atoms with Crippen LogP contribution in [-0.2, 0) is 14.8 Å². The van der Waals surface area contributed by atoms with E-state index in [2.05, 4.69) is 43.2 Å². The number of nitrogens with one attached hydrogen (secondary N) is 2. The van der Waals surface area contributed by atoms with Crippen molar-refractivity contribution in [3.63, 3.8) is 0 Å². The third-order valence-corrected chi connectivity index (χ3v) is 7.64. The highest BCUT2D eigenvalue weighted by atomic mass is 32.2. The van der Waals surface area contributed by atoms with Crippen LogP contribution in [0.5, 0.6) is 0 Å². The summed E-state index contributed by atoms with van der Waals surface area (Å²) in [6.07, 6.45) is 0. The van der Waals surface area contributed by atoms with Crippen molar-refractivity contribution >= 4 is 27.3 Å². The smallest absolute Gasteiger partial charge is 0.268 e. The van der Waals surface area contributed by atoms with E-state index < -0.39 is 15.9 Å². The van der Waals surface area contributed by atoms with E-state index >= 15 is 0 Å². The summed E-state index contributed by atoms with van der Waals surface area (Å²) >= 11 is 0. The van der Waals surface area contributed by atoms with E-state index in [9.17, 15) is 13.2 Å². The molecule has 0 saturated carbocycles. The summed E-state index contributed by atoms with van der Waals surface area (Å²) in [5.41, 5.74) is 4.08. The van der Waals surface area contributed by atoms with Crippen molar-refractivity contribution in [2.45, 2.75) is 58.3 Å². The van der Waals surface area contributed by atoms with Gasteiger partial charge < -0.3 is 5.32 Å². The Bertz CT molecular complexity index is 1190. The fourth-order valence-electron chi connectivity index (χ4n) is 3.65. The van der Waals surface area contributed by atoms with E-state index in [1.807, 2.05) is 36.4 Å². The maximum absolute atomic E-state index is 13.6. The Morgan fingerprint density at radius 3 is 1.91 bits per heavy atom. The molecule has 0 aliphatic carbocycles. The van der Waals surface area contributed by atoms with Gasteiger partial charge in [0.1, 0.15) is 11.4 Å². The van der Waals surface area contributed by atoms with E-state index in [1.165, 1.54) is 0 Å². The molecule has 3 aromatic rings. The van der Waals surface area contributed by atoms with Crippen LogP contribution in [0.1, 0.15) is 62.0 Å². The van der Waals surface area contributed by atoms with Gasteiger partial charge in [0.2, 0.25) is 5.91 Å². The number of rotatable bonds is 8. The Morgan fingerprint density at radius 2 is 1.45 bits per heavy atom. The molecule has 1 aromatic heterocycles. The molecule has 0 aliphatic rings. The molecule has 3 rings (SSSR count). The van der Waals surface area contributed by atoms with Gasteiger partial charge in [-0.05, 0) is 61.1 Å². The minimum absolute atomic E-state index is 0.0875. The standard InChI is InChI=1S/C25H32N4O3S/c1-16(2)20-7-11-22(12-8-20)26-24(30)15-29(23-13-9-21(10-14-23)17(3)4)33(31,32)25-18(5)27-28-19(25)6/h7-14,16-17H,15H2,1-6H3,(H,26,30)(H,27,28). The SMILES string of the molecule is Cc1n[nH]c(C)c1S(=O)(=O)N(CC(=O)Nc1ccc(C(C)C)cc1)c1ccc(C(C)C)cc1. The van der Waals surface area contributed by atoms with E-state index in [-0.39, 0.29) is 11.4 Å². The number of hydrogen-bond acceptors (Lipinski definition) is 4. The Balaban J connectivity index is 1.94. The van der Waals surface area contributed by atoms with E-state index in [0.717, 1.165) is 15.4 Å². The maximum Gasteiger partial charge on any atom is 0.268 e. The lowest BCUT2D eigenvalue weighted by Crippen LogP contribution is -2.38. The number of sulfonamides is 1. The predicted octanol–water partition coefficient (Wildman–Crippen LogP) is 5.11. The lowest BCUT2D eigenvalue weighted by molar-refractivity contribution is -0.114. The average molecular weight is 469 g/mol. The van der Waals surface area contributed by atoms with Crippen LogP contribution < -0.4 is 9.62 Å². The Labute approximate surface area is 196 Å². The van der Waals surface area contributed by atoms with Gasteiger partial charge in [-0.2, -0.15) is 5.10 Å². The third kappa shape index (κ3) is 5.45. The van der Waals surface area contributed by atoms with Crippen LogP contribution in [0.3, 0.4) is 0 Å². The van der Waals surface area contributed by atoms with Crippen molar-refractivity contribution in [3.8, 4) is 0 Å². The number of hydrogen-bond donors (Lipinski definition) is 2. The number of carbonyl (C=O) groups is 1. The molecule has 0 atom stereocenters. The van der Waals surface area contributed by atoms with Crippen molar-refractivity contribution in [2.24, 2.45) is 0 Å². The number of carbonyl (C=O) groups excluding carboxylic acids is 1. The highest BCUT2D eigenvalue weighted by Gasteiger charge is 2.31. The van der Waals surface area contributed by atoms with Gasteiger partial charge in [-0.3, -0.25) is 14.2 Å². The number of H-pyrrole nitrogens is 1. The molecule has 176 valence electrons. The summed E-state index contributed by atoms with van der Waals surface area (Å²) in [5.74, 6) is 0.257. The molecule has 33 heavy (non-hydrogen) atoms. The van der Waals surface area contributed by atoms with Crippen LogP contribution >= 0.6 is 0 Å². The van der Waals surface area contributed by atoms with Crippen LogP contribution in [0.25, 0.3) is 0 Å². The molecule has 0 fully saturated rings. The molecule has 0 spiro atoms. The maximum atomic E-state index is 13.6. The molecule has 0 aliphatic heterocycles. The van der Waals surface area contributed by atoms with Crippen LogP contribution in [-0.4, -0.2) is 31.1 Å². The van der Waals surface area contributed by atoms with E-state index in [0.29, 0.717) is 34.6 Å². The van der Waals surface area contributed by atoms with Crippen molar-refractivity contribution in [1.29, 1.82) is 0 Å². The number of aromatic nitrogens is 2. The molecule has 2 N–H and O–H groups in total. The second-order valence-electron chi connectivity index (χ2n) is 8.85.